The zero-order chi connectivity index (χ0) is 15.6. The van der Waals surface area contributed by atoms with Gasteiger partial charge in [0.2, 0.25) is 10.0 Å². The second-order valence-corrected chi connectivity index (χ2v) is 7.68. The fourth-order valence-electron chi connectivity index (χ4n) is 2.38. The van der Waals surface area contributed by atoms with E-state index in [1.807, 2.05) is 0 Å². The Bertz CT molecular complexity index is 632. The Kier molecular flexibility index (Phi) is 4.46. The molecule has 0 aromatic heterocycles. The van der Waals surface area contributed by atoms with Crippen LogP contribution in [-0.4, -0.2) is 51.0 Å². The second-order valence-electron chi connectivity index (χ2n) is 5.71. The van der Waals surface area contributed by atoms with Gasteiger partial charge in [-0.1, -0.05) is 12.1 Å². The summed E-state index contributed by atoms with van der Waals surface area (Å²) in [5.41, 5.74) is 1.26. The molecule has 1 aromatic rings. The molecule has 0 unspecified atom stereocenters. The smallest absolute Gasteiger partial charge is 0.251 e. The van der Waals surface area contributed by atoms with Gasteiger partial charge in [-0.25, -0.2) is 8.42 Å². The Balaban J connectivity index is 1.63. The van der Waals surface area contributed by atoms with E-state index in [2.05, 4.69) is 5.32 Å². The molecule has 1 aliphatic heterocycles. The van der Waals surface area contributed by atoms with Crippen LogP contribution < -0.4 is 5.32 Å². The molecule has 6 nitrogen and oxygen atoms in total. The summed E-state index contributed by atoms with van der Waals surface area (Å²) in [7, 11) is -3.33. The summed E-state index contributed by atoms with van der Waals surface area (Å²) in [5.74, 6) is -0.137. The van der Waals surface area contributed by atoms with Crippen LogP contribution in [-0.2, 0) is 20.5 Å². The lowest BCUT2D eigenvalue weighted by Gasteiger charge is -2.26. The van der Waals surface area contributed by atoms with Crippen molar-refractivity contribution in [2.24, 2.45) is 0 Å². The minimum absolute atomic E-state index is 0.0441. The Morgan fingerprint density at radius 2 is 1.82 bits per heavy atom. The van der Waals surface area contributed by atoms with Crippen molar-refractivity contribution in [1.82, 2.24) is 9.62 Å². The van der Waals surface area contributed by atoms with Crippen molar-refractivity contribution in [1.29, 1.82) is 0 Å². The number of nitrogens with zero attached hydrogens (tertiary/aromatic N) is 1. The molecule has 1 heterocycles. The third kappa shape index (κ3) is 3.85. The Labute approximate surface area is 130 Å². The number of morpholine rings is 1. The zero-order valence-electron chi connectivity index (χ0n) is 12.3. The van der Waals surface area contributed by atoms with Crippen molar-refractivity contribution in [3.63, 3.8) is 0 Å². The van der Waals surface area contributed by atoms with E-state index in [9.17, 15) is 13.2 Å². The molecule has 2 aliphatic rings. The molecule has 7 heteroatoms. The van der Waals surface area contributed by atoms with E-state index in [0.29, 0.717) is 43.5 Å². The summed E-state index contributed by atoms with van der Waals surface area (Å²) >= 11 is 0. The predicted octanol–water partition coefficient (Wildman–Crippen LogP) is 0.741. The van der Waals surface area contributed by atoms with Gasteiger partial charge in [0, 0.05) is 24.7 Å². The molecule has 0 spiro atoms. The number of benzene rings is 1. The van der Waals surface area contributed by atoms with Gasteiger partial charge in [0.05, 0.1) is 19.0 Å². The summed E-state index contributed by atoms with van der Waals surface area (Å²) in [6.07, 6.45) is 2.09. The highest BCUT2D eigenvalue weighted by Crippen LogP contribution is 2.19. The fourth-order valence-corrected chi connectivity index (χ4v) is 3.88. The number of nitrogens with one attached hydrogen (secondary N) is 1. The van der Waals surface area contributed by atoms with Gasteiger partial charge < -0.3 is 10.1 Å². The van der Waals surface area contributed by atoms with Crippen molar-refractivity contribution in [3.05, 3.63) is 35.4 Å². The average Bonchev–Trinajstić information content (AvgIpc) is 3.32. The monoisotopic (exact) mass is 324 g/mol. The van der Waals surface area contributed by atoms with Crippen LogP contribution >= 0.6 is 0 Å². The number of rotatable bonds is 5. The molecule has 1 saturated carbocycles. The highest BCUT2D eigenvalue weighted by Gasteiger charge is 2.25. The molecular weight excluding hydrogens is 304 g/mol. The third-order valence-corrected chi connectivity index (χ3v) is 5.69. The van der Waals surface area contributed by atoms with Gasteiger partial charge in [-0.05, 0) is 30.5 Å². The predicted molar refractivity (Wildman–Crippen MR) is 81.9 cm³/mol. The molecule has 1 N–H and O–H groups in total. The van der Waals surface area contributed by atoms with Gasteiger partial charge in [-0.2, -0.15) is 4.31 Å². The number of hydrogen-bond donors (Lipinski definition) is 1. The first-order valence-corrected chi connectivity index (χ1v) is 9.11. The largest absolute Gasteiger partial charge is 0.379 e. The lowest BCUT2D eigenvalue weighted by molar-refractivity contribution is 0.0729. The molecule has 0 atom stereocenters. The summed E-state index contributed by atoms with van der Waals surface area (Å²) in [6, 6.07) is 7.09. The third-order valence-electron chi connectivity index (χ3n) is 3.84. The summed E-state index contributed by atoms with van der Waals surface area (Å²) in [4.78, 5) is 11.9. The number of ether oxygens (including phenoxy) is 1. The molecule has 1 aromatic carbocycles. The molecule has 0 radical (unpaired) electrons. The molecule has 120 valence electrons. The quantitative estimate of drug-likeness (QED) is 0.867. The van der Waals surface area contributed by atoms with Gasteiger partial charge in [-0.3, -0.25) is 4.79 Å². The minimum Gasteiger partial charge on any atom is -0.379 e. The first-order chi connectivity index (χ1) is 10.5. The van der Waals surface area contributed by atoms with Crippen LogP contribution in [0.3, 0.4) is 0 Å². The first-order valence-electron chi connectivity index (χ1n) is 7.50. The van der Waals surface area contributed by atoms with Crippen LogP contribution in [0.25, 0.3) is 0 Å². The van der Waals surface area contributed by atoms with Crippen LogP contribution in [0.5, 0.6) is 0 Å². The van der Waals surface area contributed by atoms with Gasteiger partial charge >= 0.3 is 0 Å². The maximum absolute atomic E-state index is 12.3. The average molecular weight is 324 g/mol. The van der Waals surface area contributed by atoms with E-state index in [1.54, 1.807) is 24.3 Å². The molecule has 3 rings (SSSR count). The molecule has 2 fully saturated rings. The molecule has 1 aliphatic carbocycles. The lowest BCUT2D eigenvalue weighted by Crippen LogP contribution is -2.41. The summed E-state index contributed by atoms with van der Waals surface area (Å²) in [6.45, 7) is 1.70. The Morgan fingerprint density at radius 3 is 2.41 bits per heavy atom. The summed E-state index contributed by atoms with van der Waals surface area (Å²) in [5, 5.41) is 2.91. The van der Waals surface area contributed by atoms with E-state index in [4.69, 9.17) is 4.74 Å². The first kappa shape index (κ1) is 15.5. The molecule has 1 saturated heterocycles. The number of sulfonamides is 1. The number of amides is 1. The van der Waals surface area contributed by atoms with Crippen LogP contribution in [0.1, 0.15) is 28.8 Å². The van der Waals surface area contributed by atoms with Crippen LogP contribution in [0.4, 0.5) is 0 Å². The topological polar surface area (TPSA) is 75.7 Å². The van der Waals surface area contributed by atoms with Crippen molar-refractivity contribution in [2.45, 2.75) is 24.6 Å². The van der Waals surface area contributed by atoms with E-state index >= 15 is 0 Å². The van der Waals surface area contributed by atoms with Crippen molar-refractivity contribution >= 4 is 15.9 Å². The van der Waals surface area contributed by atoms with Gasteiger partial charge in [-0.15, -0.1) is 0 Å². The van der Waals surface area contributed by atoms with E-state index in [1.165, 1.54) is 4.31 Å². The highest BCUT2D eigenvalue weighted by molar-refractivity contribution is 7.88. The maximum atomic E-state index is 12.3. The number of carbonyl (C=O) groups excluding carboxylic acids is 1. The van der Waals surface area contributed by atoms with Gasteiger partial charge in [0.25, 0.3) is 5.91 Å². The standard InChI is InChI=1S/C15H20N2O4S/c18-15(16-14-5-6-14)13-3-1-12(2-4-13)11-22(19,20)17-7-9-21-10-8-17/h1-4,14H,5-11H2,(H,16,18). The van der Waals surface area contributed by atoms with Crippen molar-refractivity contribution in [3.8, 4) is 0 Å². The van der Waals surface area contributed by atoms with Gasteiger partial charge in [0.15, 0.2) is 0 Å². The van der Waals surface area contributed by atoms with Crippen LogP contribution in [0.2, 0.25) is 0 Å². The number of hydrogen-bond acceptors (Lipinski definition) is 4. The van der Waals surface area contributed by atoms with Gasteiger partial charge in [0.1, 0.15) is 0 Å². The van der Waals surface area contributed by atoms with E-state index < -0.39 is 10.0 Å². The maximum Gasteiger partial charge on any atom is 0.251 e. The number of carbonyl (C=O) groups is 1. The zero-order valence-corrected chi connectivity index (χ0v) is 13.1. The Hall–Kier alpha value is -1.44. The lowest BCUT2D eigenvalue weighted by atomic mass is 10.1. The second kappa shape index (κ2) is 6.36. The fraction of sp³-hybridized carbons (Fsp3) is 0.533. The Morgan fingerprint density at radius 1 is 1.18 bits per heavy atom. The van der Waals surface area contributed by atoms with Crippen molar-refractivity contribution in [2.75, 3.05) is 26.3 Å². The summed E-state index contributed by atoms with van der Waals surface area (Å²) < 4.78 is 31.3. The highest BCUT2D eigenvalue weighted by atomic mass is 32.2. The molecule has 22 heavy (non-hydrogen) atoms. The van der Waals surface area contributed by atoms with Crippen LogP contribution in [0, 0.1) is 0 Å². The molecule has 1 amide bonds. The SMILES string of the molecule is O=C(NC1CC1)c1ccc(CS(=O)(=O)N2CCOCC2)cc1. The normalized spacial score (nSPS) is 19.8. The minimum atomic E-state index is -3.33. The van der Waals surface area contributed by atoms with Crippen LogP contribution in [0.15, 0.2) is 24.3 Å². The van der Waals surface area contributed by atoms with E-state index in [-0.39, 0.29) is 11.7 Å². The van der Waals surface area contributed by atoms with E-state index in [0.717, 1.165) is 12.8 Å². The molecular formula is C15H20N2O4S. The van der Waals surface area contributed by atoms with Crippen molar-refractivity contribution < 1.29 is 17.9 Å². The molecule has 0 bridgehead atoms.